The number of nitrogens with zero attached hydrogens (tertiary/aromatic N) is 2. The third-order valence-electron chi connectivity index (χ3n) is 6.67. The molecule has 1 aliphatic heterocycles. The fraction of sp³-hybridized carbons (Fsp3) is 0.615. The summed E-state index contributed by atoms with van der Waals surface area (Å²) >= 11 is 1.99. The number of hydrogen-bond donors (Lipinski definition) is 1. The van der Waals surface area contributed by atoms with Crippen molar-refractivity contribution in [1.82, 2.24) is 9.88 Å². The number of carboxylic acid groups (broad SMARTS) is 1. The van der Waals surface area contributed by atoms with Gasteiger partial charge in [-0.15, -0.1) is 0 Å². The lowest BCUT2D eigenvalue weighted by atomic mass is 9.81. The molecule has 0 radical (unpaired) electrons. The smallest absolute Gasteiger partial charge is 0.308 e. The molecular weight excluding hydrogens is 439 g/mol. The van der Waals surface area contributed by atoms with Crippen molar-refractivity contribution in [2.45, 2.75) is 51.6 Å². The van der Waals surface area contributed by atoms with Crippen LogP contribution in [0.5, 0.6) is 5.75 Å². The summed E-state index contributed by atoms with van der Waals surface area (Å²) in [6.07, 6.45) is 5.77. The van der Waals surface area contributed by atoms with Gasteiger partial charge >= 0.3 is 5.97 Å². The van der Waals surface area contributed by atoms with Crippen molar-refractivity contribution in [3.05, 3.63) is 36.0 Å². The van der Waals surface area contributed by atoms with E-state index < -0.39 is 18.1 Å². The molecule has 182 valence electrons. The number of carbonyl (C=O) groups is 1. The number of ether oxygens (including phenoxy) is 1. The molecule has 2 heterocycles. The average molecular weight is 477 g/mol. The summed E-state index contributed by atoms with van der Waals surface area (Å²) in [6, 6.07) is 7.20. The zero-order valence-electron chi connectivity index (χ0n) is 19.8. The minimum Gasteiger partial charge on any atom is -0.497 e. The number of alkyl halides is 1. The Morgan fingerprint density at radius 3 is 2.91 bits per heavy atom. The molecular formula is C26H37FN2O3S. The highest BCUT2D eigenvalue weighted by Gasteiger charge is 2.34. The Hall–Kier alpha value is -1.86. The molecule has 3 rings (SSSR count). The third-order valence-corrected chi connectivity index (χ3v) is 7.83. The van der Waals surface area contributed by atoms with Crippen LogP contribution < -0.4 is 4.74 Å². The number of carboxylic acids is 1. The first-order valence-corrected chi connectivity index (χ1v) is 13.3. The highest BCUT2D eigenvalue weighted by molar-refractivity contribution is 7.99. The maximum Gasteiger partial charge on any atom is 0.308 e. The molecule has 1 N–H and O–H groups in total. The van der Waals surface area contributed by atoms with Gasteiger partial charge < -0.3 is 14.7 Å². The highest BCUT2D eigenvalue weighted by Crippen LogP contribution is 2.35. The Balaban J connectivity index is 1.54. The molecule has 0 spiro atoms. The number of fused-ring (bicyclic) bond motifs is 1. The van der Waals surface area contributed by atoms with E-state index in [-0.39, 0.29) is 5.92 Å². The monoisotopic (exact) mass is 476 g/mol. The normalized spacial score (nSPS) is 20.1. The molecule has 0 unspecified atom stereocenters. The van der Waals surface area contributed by atoms with Crippen LogP contribution >= 0.6 is 11.8 Å². The van der Waals surface area contributed by atoms with Crippen LogP contribution in [0, 0.1) is 11.8 Å². The maximum atomic E-state index is 15.3. The van der Waals surface area contributed by atoms with Gasteiger partial charge in [-0.05, 0) is 92.4 Å². The Morgan fingerprint density at radius 1 is 1.33 bits per heavy atom. The van der Waals surface area contributed by atoms with Crippen LogP contribution in [0.15, 0.2) is 30.5 Å². The predicted molar refractivity (Wildman–Crippen MR) is 134 cm³/mol. The van der Waals surface area contributed by atoms with E-state index in [0.717, 1.165) is 42.6 Å². The molecule has 0 bridgehead atoms. The molecule has 1 saturated heterocycles. The number of piperidine rings is 1. The minimum atomic E-state index is -1.16. The number of pyridine rings is 1. The van der Waals surface area contributed by atoms with Gasteiger partial charge in [-0.25, -0.2) is 4.39 Å². The molecule has 2 aromatic rings. The maximum absolute atomic E-state index is 15.3. The zero-order chi connectivity index (χ0) is 23.6. The minimum absolute atomic E-state index is 0.0126. The number of methoxy groups -OCH3 is 1. The quantitative estimate of drug-likeness (QED) is 0.359. The lowest BCUT2D eigenvalue weighted by Gasteiger charge is -2.36. The summed E-state index contributed by atoms with van der Waals surface area (Å²) in [6.45, 7) is 4.64. The van der Waals surface area contributed by atoms with E-state index in [2.05, 4.69) is 16.8 Å². The van der Waals surface area contributed by atoms with Crippen LogP contribution in [-0.2, 0) is 4.79 Å². The number of aliphatic carboxylic acids is 1. The van der Waals surface area contributed by atoms with E-state index in [1.165, 1.54) is 18.6 Å². The fourth-order valence-corrected chi connectivity index (χ4v) is 5.73. The number of benzene rings is 1. The molecule has 5 nitrogen and oxygen atoms in total. The van der Waals surface area contributed by atoms with Crippen molar-refractivity contribution in [2.75, 3.05) is 38.2 Å². The Bertz CT molecular complexity index is 897. The van der Waals surface area contributed by atoms with Crippen molar-refractivity contribution in [3.63, 3.8) is 0 Å². The van der Waals surface area contributed by atoms with Gasteiger partial charge in [0.05, 0.1) is 18.5 Å². The molecule has 1 aromatic carbocycles. The van der Waals surface area contributed by atoms with Crippen molar-refractivity contribution in [3.8, 4) is 5.75 Å². The van der Waals surface area contributed by atoms with Gasteiger partial charge in [0.1, 0.15) is 11.9 Å². The molecule has 3 atom stereocenters. The van der Waals surface area contributed by atoms with E-state index in [9.17, 15) is 9.90 Å². The zero-order valence-corrected chi connectivity index (χ0v) is 20.7. The van der Waals surface area contributed by atoms with Crippen molar-refractivity contribution < 1.29 is 19.0 Å². The summed E-state index contributed by atoms with van der Waals surface area (Å²) in [4.78, 5) is 18.6. The predicted octanol–water partition coefficient (Wildman–Crippen LogP) is 5.98. The van der Waals surface area contributed by atoms with E-state index >= 15 is 4.39 Å². The summed E-state index contributed by atoms with van der Waals surface area (Å²) in [5, 5.41) is 10.6. The van der Waals surface area contributed by atoms with Crippen molar-refractivity contribution in [1.29, 1.82) is 0 Å². The molecule has 33 heavy (non-hydrogen) atoms. The lowest BCUT2D eigenvalue weighted by molar-refractivity contribution is -0.146. The molecule has 0 amide bonds. The van der Waals surface area contributed by atoms with Crippen LogP contribution in [0.4, 0.5) is 4.39 Å². The van der Waals surface area contributed by atoms with Gasteiger partial charge in [0.2, 0.25) is 0 Å². The number of halogens is 1. The van der Waals surface area contributed by atoms with E-state index in [0.29, 0.717) is 30.7 Å². The van der Waals surface area contributed by atoms with E-state index in [1.807, 2.05) is 30.0 Å². The van der Waals surface area contributed by atoms with Crippen LogP contribution in [-0.4, -0.2) is 59.2 Å². The summed E-state index contributed by atoms with van der Waals surface area (Å²) < 4.78 is 20.6. The highest BCUT2D eigenvalue weighted by atomic mass is 32.2. The van der Waals surface area contributed by atoms with Gasteiger partial charge in [-0.1, -0.05) is 13.3 Å². The Labute approximate surface area is 201 Å². The summed E-state index contributed by atoms with van der Waals surface area (Å²) in [5.41, 5.74) is 1.34. The summed E-state index contributed by atoms with van der Waals surface area (Å²) in [7, 11) is 1.59. The van der Waals surface area contributed by atoms with E-state index in [4.69, 9.17) is 4.74 Å². The number of thioether (sulfide) groups is 1. The van der Waals surface area contributed by atoms with Gasteiger partial charge in [0.25, 0.3) is 0 Å². The van der Waals surface area contributed by atoms with Gasteiger partial charge in [-0.2, -0.15) is 11.8 Å². The van der Waals surface area contributed by atoms with Crippen molar-refractivity contribution in [2.24, 2.45) is 11.8 Å². The second-order valence-corrected chi connectivity index (χ2v) is 10.2. The topological polar surface area (TPSA) is 62.7 Å². The molecule has 1 fully saturated rings. The van der Waals surface area contributed by atoms with Crippen LogP contribution in [0.25, 0.3) is 10.9 Å². The molecule has 1 aromatic heterocycles. The number of rotatable bonds is 13. The first-order chi connectivity index (χ1) is 16.0. The van der Waals surface area contributed by atoms with Gasteiger partial charge in [0, 0.05) is 18.1 Å². The summed E-state index contributed by atoms with van der Waals surface area (Å²) in [5.74, 6) is 1.85. The third kappa shape index (κ3) is 7.31. The van der Waals surface area contributed by atoms with Gasteiger partial charge in [0.15, 0.2) is 0 Å². The number of hydrogen-bond acceptors (Lipinski definition) is 5. The second kappa shape index (κ2) is 13.1. The van der Waals surface area contributed by atoms with Gasteiger partial charge in [-0.3, -0.25) is 9.78 Å². The van der Waals surface area contributed by atoms with Crippen LogP contribution in [0.1, 0.15) is 57.2 Å². The van der Waals surface area contributed by atoms with Crippen LogP contribution in [0.3, 0.4) is 0 Å². The fourth-order valence-electron chi connectivity index (χ4n) is 4.70. The van der Waals surface area contributed by atoms with Crippen molar-refractivity contribution >= 4 is 28.6 Å². The Morgan fingerprint density at radius 2 is 2.15 bits per heavy atom. The molecule has 0 aliphatic carbocycles. The molecule has 7 heteroatoms. The molecule has 1 aliphatic rings. The number of likely N-dealkylation sites (tertiary alicyclic amines) is 1. The molecule has 0 saturated carbocycles. The van der Waals surface area contributed by atoms with Crippen LogP contribution in [0.2, 0.25) is 0 Å². The standard InChI is InChI=1S/C26H37FN2O3S/c1-3-4-15-33-16-5-13-29-14-11-19(23(18-29)26(30)31)6-8-24(27)21-10-12-28-25-9-7-20(32-2)17-22(21)25/h7,9-10,12,17,19,23-24H,3-6,8,11,13-16,18H2,1-2H3,(H,30,31)/t19-,23+,24-/m1/s1. The second-order valence-electron chi connectivity index (χ2n) is 8.94. The number of aromatic nitrogens is 1. The lowest BCUT2D eigenvalue weighted by Crippen LogP contribution is -2.44. The Kier molecular flexibility index (Phi) is 10.3. The SMILES string of the molecule is CCCCSCCCN1CC[C@@H](CC[C@@H](F)c2ccnc3ccc(OC)cc23)[C@@H](C(=O)O)C1. The first kappa shape index (κ1) is 25.8. The van der Waals surface area contributed by atoms with E-state index in [1.54, 1.807) is 19.4 Å². The first-order valence-electron chi connectivity index (χ1n) is 12.1. The largest absolute Gasteiger partial charge is 0.497 e. The number of unbranched alkanes of at least 4 members (excludes halogenated alkanes) is 1. The average Bonchev–Trinajstić information content (AvgIpc) is 2.84.